The molecule has 3 aromatic rings. The molecular formula is C39H46O10S2. The number of methoxy groups -OCH3 is 2. The molecule has 6 bridgehead atoms. The topological polar surface area (TPSA) is 158 Å². The lowest BCUT2D eigenvalue weighted by molar-refractivity contribution is -0.124. The number of hydrogen-bond acceptors (Lipinski definition) is 12. The third-order valence-electron chi connectivity index (χ3n) is 12.6. The lowest BCUT2D eigenvalue weighted by Crippen LogP contribution is -2.61. The Hall–Kier alpha value is -3.16. The van der Waals surface area contributed by atoms with Crippen molar-refractivity contribution in [2.75, 3.05) is 39.8 Å². The normalized spacial score (nSPS) is 31.8. The van der Waals surface area contributed by atoms with Crippen molar-refractivity contribution in [1.82, 2.24) is 0 Å². The number of aliphatic hydroxyl groups excluding tert-OH is 3. The van der Waals surface area contributed by atoms with Gasteiger partial charge in [0.2, 0.25) is 11.5 Å². The van der Waals surface area contributed by atoms with Gasteiger partial charge < -0.3 is 49.6 Å². The Morgan fingerprint density at radius 3 is 2.51 bits per heavy atom. The maximum atomic E-state index is 13.1. The Bertz CT molecular complexity index is 1850. The number of ether oxygens (including phenoxy) is 4. The Balaban J connectivity index is 1.48. The summed E-state index contributed by atoms with van der Waals surface area (Å²) in [5.74, 6) is 1.06. The molecule has 0 amide bonds. The molecule has 5 aliphatic rings. The summed E-state index contributed by atoms with van der Waals surface area (Å²) in [5.41, 5.74) is 3.14. The summed E-state index contributed by atoms with van der Waals surface area (Å²) in [6.07, 6.45) is 3.56. The van der Waals surface area contributed by atoms with Crippen molar-refractivity contribution in [3.63, 3.8) is 0 Å². The minimum atomic E-state index is -1.46. The van der Waals surface area contributed by atoms with Gasteiger partial charge in [-0.2, -0.15) is 0 Å². The van der Waals surface area contributed by atoms with E-state index in [1.807, 2.05) is 39.8 Å². The fourth-order valence-corrected chi connectivity index (χ4v) is 13.7. The first kappa shape index (κ1) is 34.9. The third-order valence-corrected chi connectivity index (χ3v) is 15.9. The van der Waals surface area contributed by atoms with Crippen molar-refractivity contribution in [2.45, 2.75) is 79.7 Å². The van der Waals surface area contributed by atoms with Crippen LogP contribution in [0, 0.1) is 11.8 Å². The molecule has 51 heavy (non-hydrogen) atoms. The molecule has 2 heterocycles. The van der Waals surface area contributed by atoms with Gasteiger partial charge in [0, 0.05) is 45.1 Å². The van der Waals surface area contributed by atoms with Crippen LogP contribution in [0.25, 0.3) is 11.1 Å². The van der Waals surface area contributed by atoms with Crippen LogP contribution in [0.1, 0.15) is 85.5 Å². The van der Waals surface area contributed by atoms with Crippen LogP contribution in [0.15, 0.2) is 30.3 Å². The molecule has 10 nitrogen and oxygen atoms in total. The van der Waals surface area contributed by atoms with Crippen molar-refractivity contribution in [3.8, 4) is 51.4 Å². The maximum absolute atomic E-state index is 13.1. The molecule has 0 aromatic heterocycles. The van der Waals surface area contributed by atoms with Crippen molar-refractivity contribution in [1.29, 1.82) is 0 Å². The molecule has 2 aliphatic heterocycles. The van der Waals surface area contributed by atoms with Gasteiger partial charge in [-0.05, 0) is 91.2 Å². The third kappa shape index (κ3) is 5.10. The van der Waals surface area contributed by atoms with E-state index in [-0.39, 0.29) is 60.0 Å². The predicted octanol–water partition coefficient (Wildman–Crippen LogP) is 6.52. The monoisotopic (exact) mass is 738 g/mol. The second-order valence-corrected chi connectivity index (χ2v) is 17.7. The first-order chi connectivity index (χ1) is 24.6. The molecular weight excluding hydrogens is 693 g/mol. The van der Waals surface area contributed by atoms with Gasteiger partial charge in [0.25, 0.3) is 0 Å². The molecule has 6 N–H and O–H groups in total. The average molecular weight is 739 g/mol. The molecule has 3 aliphatic carbocycles. The highest BCUT2D eigenvalue weighted by atomic mass is 33.1. The second kappa shape index (κ2) is 13.1. The van der Waals surface area contributed by atoms with Crippen LogP contribution in [0.4, 0.5) is 0 Å². The molecule has 2 fully saturated rings. The number of hydrogen-bond donors (Lipinski definition) is 6. The van der Waals surface area contributed by atoms with Crippen molar-refractivity contribution < 1.29 is 49.6 Å². The van der Waals surface area contributed by atoms with Gasteiger partial charge in [-0.1, -0.05) is 34.6 Å². The zero-order valence-electron chi connectivity index (χ0n) is 29.1. The van der Waals surface area contributed by atoms with Gasteiger partial charge in [0.15, 0.2) is 17.1 Å². The van der Waals surface area contributed by atoms with Crippen LogP contribution < -0.4 is 18.9 Å². The fourth-order valence-electron chi connectivity index (χ4n) is 10.1. The zero-order chi connectivity index (χ0) is 35.8. The number of benzene rings is 3. The van der Waals surface area contributed by atoms with E-state index in [9.17, 15) is 30.6 Å². The van der Waals surface area contributed by atoms with Crippen LogP contribution in [-0.4, -0.2) is 81.3 Å². The van der Waals surface area contributed by atoms with Crippen molar-refractivity contribution >= 4 is 21.6 Å². The summed E-state index contributed by atoms with van der Waals surface area (Å²) in [6, 6.07) is 8.78. The van der Waals surface area contributed by atoms with Crippen LogP contribution >= 0.6 is 21.6 Å². The van der Waals surface area contributed by atoms with Gasteiger partial charge in [0.1, 0.15) is 30.0 Å². The molecule has 0 unspecified atom stereocenters. The highest BCUT2D eigenvalue weighted by molar-refractivity contribution is 8.77. The van der Waals surface area contributed by atoms with Gasteiger partial charge >= 0.3 is 0 Å². The smallest absolute Gasteiger partial charge is 0.207 e. The number of phenols is 3. The summed E-state index contributed by atoms with van der Waals surface area (Å²) in [5, 5.41) is 67.9. The predicted molar refractivity (Wildman–Crippen MR) is 196 cm³/mol. The summed E-state index contributed by atoms with van der Waals surface area (Å²) in [6.45, 7) is 1.97. The van der Waals surface area contributed by atoms with Crippen molar-refractivity contribution in [2.24, 2.45) is 11.8 Å². The molecule has 0 radical (unpaired) electrons. The van der Waals surface area contributed by atoms with E-state index >= 15 is 0 Å². The summed E-state index contributed by atoms with van der Waals surface area (Å²) < 4.78 is 24.0. The molecule has 8 atom stereocenters. The van der Waals surface area contributed by atoms with E-state index in [4.69, 9.17) is 18.9 Å². The van der Waals surface area contributed by atoms with E-state index < -0.39 is 28.3 Å². The standard InChI is InChI=1S/C39H46O10S2/c1-19-7-13-50-51-38-8-6-20(19)14-23-24-15-21(42)4-5-22(24)30-27(48-12-11-40)17-28-32(31(30)25(23)18-41)33(38)37(45)39(49-28,10-9-38)26-16-29(46-2)35(44)36(47-3)34(26)43/h4-5,15-17,19-20,23,25,33,37,40-45H,6-14,18H2,1-3H3/t19-,20+,23+,25-,33+,37+,38-,39-/m0/s1. The minimum Gasteiger partial charge on any atom is -0.508 e. The molecule has 1 saturated carbocycles. The highest BCUT2D eigenvalue weighted by Gasteiger charge is 2.64. The molecule has 12 heteroatoms. The van der Waals surface area contributed by atoms with Gasteiger partial charge in [-0.3, -0.25) is 0 Å². The number of rotatable bonds is 7. The maximum Gasteiger partial charge on any atom is 0.207 e. The number of phenolic OH excluding ortho intramolecular Hbond substituents is 3. The van der Waals surface area contributed by atoms with Crippen molar-refractivity contribution in [3.05, 3.63) is 52.6 Å². The summed E-state index contributed by atoms with van der Waals surface area (Å²) >= 11 is 0. The first-order valence-electron chi connectivity index (χ1n) is 17.9. The second-order valence-electron chi connectivity index (χ2n) is 14.9. The minimum absolute atomic E-state index is 0.0201. The Labute approximate surface area is 305 Å². The van der Waals surface area contributed by atoms with Crippen LogP contribution in [0.3, 0.4) is 0 Å². The Morgan fingerprint density at radius 1 is 0.941 bits per heavy atom. The van der Waals surface area contributed by atoms with E-state index in [1.54, 1.807) is 6.07 Å². The van der Waals surface area contributed by atoms with Gasteiger partial charge in [-0.25, -0.2) is 0 Å². The van der Waals surface area contributed by atoms with E-state index in [1.165, 1.54) is 20.3 Å². The lowest BCUT2D eigenvalue weighted by atomic mass is 9.56. The summed E-state index contributed by atoms with van der Waals surface area (Å²) in [7, 11) is 6.49. The van der Waals surface area contributed by atoms with E-state index in [0.29, 0.717) is 36.2 Å². The average Bonchev–Trinajstić information content (AvgIpc) is 3.19. The largest absolute Gasteiger partial charge is 0.508 e. The van der Waals surface area contributed by atoms with Gasteiger partial charge in [0.05, 0.1) is 27.4 Å². The molecule has 3 aromatic carbocycles. The Morgan fingerprint density at radius 2 is 1.76 bits per heavy atom. The van der Waals surface area contributed by atoms with E-state index in [2.05, 4.69) is 6.92 Å². The zero-order valence-corrected chi connectivity index (χ0v) is 30.7. The molecule has 274 valence electrons. The van der Waals surface area contributed by atoms with Crippen LogP contribution in [0.5, 0.6) is 40.2 Å². The number of fused-ring (bicyclic) bond motifs is 7. The molecule has 1 saturated heterocycles. The fraction of sp³-hybridized carbons (Fsp3) is 0.538. The highest BCUT2D eigenvalue weighted by Crippen LogP contribution is 2.70. The molecule has 8 rings (SSSR count). The van der Waals surface area contributed by atoms with Gasteiger partial charge in [-0.15, -0.1) is 0 Å². The number of aromatic hydroxyl groups is 3. The lowest BCUT2D eigenvalue weighted by Gasteiger charge is -2.59. The first-order valence-corrected chi connectivity index (χ1v) is 20.2. The van der Waals surface area contributed by atoms with E-state index in [0.717, 1.165) is 59.3 Å². The van der Waals surface area contributed by atoms with Crippen LogP contribution in [0.2, 0.25) is 0 Å². The Kier molecular flexibility index (Phi) is 8.93. The summed E-state index contributed by atoms with van der Waals surface area (Å²) in [4.78, 5) is 0. The molecule has 1 spiro atoms. The SMILES string of the molecule is COc1cc([C@@]23CC[C@@]45CC[C@H](C[C@@H]6c7cc(O)ccc7-c7c(OCCO)cc(c(c7[C@H]6CO)[C@@H]4[C@H]2O)O3)[C@@H](C)CCSS5)c(O)c(OC)c1O. The number of aliphatic hydroxyl groups is 3. The quantitative estimate of drug-likeness (QED) is 0.146. The van der Waals surface area contributed by atoms with Crippen LogP contribution in [-0.2, 0) is 5.60 Å².